The molecule has 0 aromatic heterocycles. The van der Waals surface area contributed by atoms with Crippen LogP contribution in [0.15, 0.2) is 0 Å². The van der Waals surface area contributed by atoms with E-state index in [1.165, 1.54) is 12.2 Å². The number of carboxylic acids is 2. The van der Waals surface area contributed by atoms with E-state index in [2.05, 4.69) is 17.9 Å². The third kappa shape index (κ3) is 16.2. The highest BCUT2D eigenvalue weighted by molar-refractivity contribution is 8.77. The minimum absolute atomic E-state index is 0.0587. The molecule has 5 N–H and O–H groups in total. The first-order valence-corrected chi connectivity index (χ1v) is 13.4. The van der Waals surface area contributed by atoms with Crippen molar-refractivity contribution in [2.24, 2.45) is 5.73 Å². The molecule has 0 radical (unpaired) electrons. The van der Waals surface area contributed by atoms with Crippen LogP contribution >= 0.6 is 34.2 Å². The Kier molecular flexibility index (Phi) is 16.7. The fraction of sp³-hybridized carbons (Fsp3) is 0.789. The van der Waals surface area contributed by atoms with Crippen molar-refractivity contribution in [2.45, 2.75) is 81.3 Å². The van der Waals surface area contributed by atoms with Gasteiger partial charge >= 0.3 is 18.1 Å². The molecule has 8 nitrogen and oxygen atoms in total. The van der Waals surface area contributed by atoms with Crippen LogP contribution in [0.5, 0.6) is 0 Å². The van der Waals surface area contributed by atoms with E-state index >= 15 is 0 Å². The maximum atomic E-state index is 12.2. The summed E-state index contributed by atoms with van der Waals surface area (Å²) in [5, 5.41) is 19.3. The largest absolute Gasteiger partial charge is 0.490 e. The Balaban J connectivity index is 0.00000126. The van der Waals surface area contributed by atoms with Crippen molar-refractivity contribution in [3.05, 3.63) is 0 Å². The SMILES string of the molecule is NC(CCCCC(=O)C(CS)NC(=O)CCCCC1CCSS1)C(=O)O.O=C(O)C(F)(F)F. The molecule has 14 heteroatoms. The summed E-state index contributed by atoms with van der Waals surface area (Å²) < 4.78 is 31.7. The number of carboxylic acid groups (broad SMARTS) is 2. The molecule has 0 bridgehead atoms. The number of hydrogen-bond donors (Lipinski definition) is 5. The number of nitrogens with one attached hydrogen (secondary N) is 1. The van der Waals surface area contributed by atoms with E-state index in [1.807, 2.05) is 21.6 Å². The molecule has 3 atom stereocenters. The lowest BCUT2D eigenvalue weighted by Gasteiger charge is -2.16. The van der Waals surface area contributed by atoms with E-state index in [-0.39, 0.29) is 17.4 Å². The van der Waals surface area contributed by atoms with Gasteiger partial charge in [0.25, 0.3) is 0 Å². The lowest BCUT2D eigenvalue weighted by Crippen LogP contribution is -2.42. The Labute approximate surface area is 204 Å². The molecule has 1 saturated heterocycles. The zero-order chi connectivity index (χ0) is 25.4. The van der Waals surface area contributed by atoms with Crippen LogP contribution in [-0.2, 0) is 19.2 Å². The summed E-state index contributed by atoms with van der Waals surface area (Å²) >= 11 is 4.16. The van der Waals surface area contributed by atoms with Crippen molar-refractivity contribution >= 4 is 57.8 Å². The van der Waals surface area contributed by atoms with E-state index in [0.717, 1.165) is 24.5 Å². The van der Waals surface area contributed by atoms with Gasteiger partial charge in [0, 0.05) is 29.6 Å². The molecule has 1 rings (SSSR count). The number of nitrogens with two attached hydrogens (primary N) is 1. The first-order valence-electron chi connectivity index (χ1n) is 10.4. The Morgan fingerprint density at radius 1 is 1.09 bits per heavy atom. The van der Waals surface area contributed by atoms with E-state index in [1.54, 1.807) is 0 Å². The minimum atomic E-state index is -5.08. The molecule has 0 aliphatic carbocycles. The van der Waals surface area contributed by atoms with Crippen molar-refractivity contribution in [3.8, 4) is 0 Å². The molecule has 33 heavy (non-hydrogen) atoms. The molecule has 192 valence electrons. The molecular weight excluding hydrogens is 505 g/mol. The smallest absolute Gasteiger partial charge is 0.480 e. The van der Waals surface area contributed by atoms with E-state index < -0.39 is 30.2 Å². The molecule has 3 unspecified atom stereocenters. The van der Waals surface area contributed by atoms with Gasteiger partial charge in [-0.2, -0.15) is 25.8 Å². The fourth-order valence-electron chi connectivity index (χ4n) is 2.68. The van der Waals surface area contributed by atoms with Gasteiger partial charge < -0.3 is 21.3 Å². The van der Waals surface area contributed by atoms with Crippen LogP contribution in [0.4, 0.5) is 13.2 Å². The van der Waals surface area contributed by atoms with Crippen molar-refractivity contribution in [3.63, 3.8) is 0 Å². The molecule has 1 aliphatic rings. The zero-order valence-corrected chi connectivity index (χ0v) is 20.5. The molecule has 1 amide bonds. The van der Waals surface area contributed by atoms with Gasteiger partial charge in [-0.25, -0.2) is 4.79 Å². The second-order valence-electron chi connectivity index (χ2n) is 7.34. The lowest BCUT2D eigenvalue weighted by molar-refractivity contribution is -0.192. The van der Waals surface area contributed by atoms with Crippen LogP contribution in [0.1, 0.15) is 57.8 Å². The third-order valence-corrected chi connectivity index (χ3v) is 7.93. The van der Waals surface area contributed by atoms with Crippen molar-refractivity contribution in [1.29, 1.82) is 0 Å². The van der Waals surface area contributed by atoms with E-state index in [4.69, 9.17) is 20.7 Å². The summed E-state index contributed by atoms with van der Waals surface area (Å²) in [6, 6.07) is -1.45. The maximum Gasteiger partial charge on any atom is 0.490 e. The van der Waals surface area contributed by atoms with Crippen LogP contribution in [0.2, 0.25) is 0 Å². The number of aliphatic carboxylic acids is 2. The highest BCUT2D eigenvalue weighted by Gasteiger charge is 2.38. The van der Waals surface area contributed by atoms with Crippen LogP contribution in [0.3, 0.4) is 0 Å². The van der Waals surface area contributed by atoms with Gasteiger partial charge in [-0.3, -0.25) is 14.4 Å². The van der Waals surface area contributed by atoms with Gasteiger partial charge in [-0.05, 0) is 32.1 Å². The number of rotatable bonds is 14. The van der Waals surface area contributed by atoms with Crippen molar-refractivity contribution in [1.82, 2.24) is 5.32 Å². The van der Waals surface area contributed by atoms with E-state index in [9.17, 15) is 27.6 Å². The quantitative estimate of drug-likeness (QED) is 0.128. The Morgan fingerprint density at radius 2 is 1.70 bits per heavy atom. The highest BCUT2D eigenvalue weighted by atomic mass is 33.1. The van der Waals surface area contributed by atoms with Crippen LogP contribution < -0.4 is 11.1 Å². The number of carbonyl (C=O) groups is 4. The van der Waals surface area contributed by atoms with Crippen molar-refractivity contribution in [2.75, 3.05) is 11.5 Å². The van der Waals surface area contributed by atoms with Crippen LogP contribution in [0.25, 0.3) is 0 Å². The number of halogens is 3. The average molecular weight is 537 g/mol. The highest BCUT2D eigenvalue weighted by Crippen LogP contribution is 2.39. The third-order valence-electron chi connectivity index (χ3n) is 4.56. The number of alkyl halides is 3. The van der Waals surface area contributed by atoms with Gasteiger partial charge in [0.05, 0.1) is 6.04 Å². The average Bonchev–Trinajstić information content (AvgIpc) is 3.25. The fourth-order valence-corrected chi connectivity index (χ4v) is 6.00. The zero-order valence-electron chi connectivity index (χ0n) is 18.0. The van der Waals surface area contributed by atoms with Gasteiger partial charge in [0.15, 0.2) is 5.78 Å². The second-order valence-corrected chi connectivity index (χ2v) is 10.5. The minimum Gasteiger partial charge on any atom is -0.480 e. The molecule has 0 aromatic rings. The predicted octanol–water partition coefficient (Wildman–Crippen LogP) is 3.29. The molecule has 0 saturated carbocycles. The molecule has 0 aromatic carbocycles. The summed E-state index contributed by atoms with van der Waals surface area (Å²) in [5.41, 5.74) is 5.43. The monoisotopic (exact) mass is 536 g/mol. The number of ketones is 1. The predicted molar refractivity (Wildman–Crippen MR) is 125 cm³/mol. The molecule has 1 heterocycles. The number of carbonyl (C=O) groups excluding carboxylic acids is 2. The number of amides is 1. The normalized spacial score (nSPS) is 17.4. The number of Topliss-reactive ketones (excluding diaryl/α,β-unsaturated/α-hetero) is 1. The maximum absolute atomic E-state index is 12.2. The topological polar surface area (TPSA) is 147 Å². The van der Waals surface area contributed by atoms with Gasteiger partial charge in [0.2, 0.25) is 5.91 Å². The summed E-state index contributed by atoms with van der Waals surface area (Å²) in [6.07, 6.45) is 1.43. The number of hydrogen-bond acceptors (Lipinski definition) is 8. The molecule has 1 aliphatic heterocycles. The van der Waals surface area contributed by atoms with Crippen LogP contribution in [-0.4, -0.2) is 68.9 Å². The molecule has 0 spiro atoms. The first kappa shape index (κ1) is 31.9. The van der Waals surface area contributed by atoms with Crippen LogP contribution in [0, 0.1) is 0 Å². The summed E-state index contributed by atoms with van der Waals surface area (Å²) in [4.78, 5) is 43.7. The lowest BCUT2D eigenvalue weighted by atomic mass is 10.0. The summed E-state index contributed by atoms with van der Waals surface area (Å²) in [7, 11) is 3.88. The first-order chi connectivity index (χ1) is 15.4. The standard InChI is InChI=1S/C17H30N2O4S3.C2HF3O2/c18-13(17(22)23)6-2-3-7-15(20)14(11-24)19-16(21)8-4-1-5-12-9-10-25-26-12;3-2(4,5)1(6)7/h12-14,24H,1-11,18H2,(H,19,21)(H,22,23);(H,6,7). The Bertz CT molecular complexity index is 634. The summed E-state index contributed by atoms with van der Waals surface area (Å²) in [5.74, 6) is -2.44. The number of unbranched alkanes of at least 4 members (excludes halogenated alkanes) is 2. The van der Waals surface area contributed by atoms with Gasteiger partial charge in [0.1, 0.15) is 6.04 Å². The van der Waals surface area contributed by atoms with E-state index in [0.29, 0.717) is 32.1 Å². The van der Waals surface area contributed by atoms with Crippen molar-refractivity contribution < 1.29 is 42.6 Å². The Hall–Kier alpha value is -1.12. The second kappa shape index (κ2) is 17.3. The number of thiol groups is 1. The molecular formula is C19H31F3N2O6S3. The van der Waals surface area contributed by atoms with Gasteiger partial charge in [-0.1, -0.05) is 34.4 Å². The van der Waals surface area contributed by atoms with Gasteiger partial charge in [-0.15, -0.1) is 0 Å². The molecule has 1 fully saturated rings. The Morgan fingerprint density at radius 3 is 2.18 bits per heavy atom. The summed E-state index contributed by atoms with van der Waals surface area (Å²) in [6.45, 7) is 0.